The van der Waals surface area contributed by atoms with E-state index in [1.807, 2.05) is 6.92 Å². The van der Waals surface area contributed by atoms with Gasteiger partial charge in [-0.2, -0.15) is 0 Å². The molecule has 0 aliphatic heterocycles. The zero-order valence-electron chi connectivity index (χ0n) is 10.9. The molecule has 0 bridgehead atoms. The average molecular weight is 267 g/mol. The maximum Gasteiger partial charge on any atom is 0.317 e. The molecule has 0 fully saturated rings. The van der Waals surface area contributed by atoms with Gasteiger partial charge in [0.2, 0.25) is 0 Å². The monoisotopic (exact) mass is 267 g/mol. The van der Waals surface area contributed by atoms with Crippen molar-refractivity contribution in [3.8, 4) is 5.75 Å². The lowest BCUT2D eigenvalue weighted by Crippen LogP contribution is -2.34. The van der Waals surface area contributed by atoms with Crippen LogP contribution in [0.1, 0.15) is 16.7 Å². The first-order valence-corrected chi connectivity index (χ1v) is 5.74. The summed E-state index contributed by atoms with van der Waals surface area (Å²) in [4.78, 5) is 22.7. The molecule has 0 heterocycles. The Labute approximate surface area is 110 Å². The molecule has 0 aromatic heterocycles. The lowest BCUT2D eigenvalue weighted by Gasteiger charge is -2.19. The van der Waals surface area contributed by atoms with Crippen LogP contribution in [0.25, 0.3) is 0 Å². The van der Waals surface area contributed by atoms with E-state index in [4.69, 9.17) is 10.2 Å². The second-order valence-electron chi connectivity index (χ2n) is 4.52. The summed E-state index contributed by atoms with van der Waals surface area (Å²) in [6, 6.07) is 3.52. The van der Waals surface area contributed by atoms with E-state index in [2.05, 4.69) is 0 Å². The van der Waals surface area contributed by atoms with Crippen LogP contribution in [0.15, 0.2) is 12.1 Å². The van der Waals surface area contributed by atoms with E-state index in [0.717, 1.165) is 5.56 Å². The third kappa shape index (κ3) is 4.59. The van der Waals surface area contributed by atoms with Crippen molar-refractivity contribution in [3.05, 3.63) is 28.8 Å². The fourth-order valence-electron chi connectivity index (χ4n) is 1.96. The molecule has 104 valence electrons. The van der Waals surface area contributed by atoms with Gasteiger partial charge in [0, 0.05) is 12.1 Å². The number of carboxylic acids is 2. The van der Waals surface area contributed by atoms with Crippen LogP contribution in [-0.2, 0) is 16.1 Å². The van der Waals surface area contributed by atoms with E-state index in [1.54, 1.807) is 19.1 Å². The topological polar surface area (TPSA) is 98.1 Å². The van der Waals surface area contributed by atoms with Crippen LogP contribution in [0, 0.1) is 13.8 Å². The highest BCUT2D eigenvalue weighted by Gasteiger charge is 2.16. The van der Waals surface area contributed by atoms with Gasteiger partial charge in [0.15, 0.2) is 0 Å². The molecular formula is C13H17NO5. The summed E-state index contributed by atoms with van der Waals surface area (Å²) >= 11 is 0. The number of carboxylic acid groups (broad SMARTS) is 2. The molecular weight excluding hydrogens is 250 g/mol. The first kappa shape index (κ1) is 15.0. The van der Waals surface area contributed by atoms with Gasteiger partial charge in [-0.25, -0.2) is 0 Å². The van der Waals surface area contributed by atoms with Gasteiger partial charge < -0.3 is 15.3 Å². The summed E-state index contributed by atoms with van der Waals surface area (Å²) in [5.74, 6) is -2.14. The van der Waals surface area contributed by atoms with Crippen LogP contribution < -0.4 is 0 Å². The lowest BCUT2D eigenvalue weighted by atomic mass is 10.1. The van der Waals surface area contributed by atoms with Gasteiger partial charge in [-0.1, -0.05) is 17.7 Å². The van der Waals surface area contributed by atoms with E-state index in [9.17, 15) is 14.7 Å². The molecule has 1 rings (SSSR count). The Bertz CT molecular complexity index is 482. The second-order valence-corrected chi connectivity index (χ2v) is 4.52. The maximum absolute atomic E-state index is 10.7. The molecule has 0 amide bonds. The summed E-state index contributed by atoms with van der Waals surface area (Å²) in [5, 5.41) is 27.4. The fourth-order valence-corrected chi connectivity index (χ4v) is 1.96. The standard InChI is InChI=1S/C13H17NO5/c1-8-3-9(2)13(19)10(4-8)5-14(6-11(15)16)7-12(17)18/h3-4,19H,5-7H2,1-2H3,(H,15,16)(H,17,18). The molecule has 3 N–H and O–H groups in total. The summed E-state index contributed by atoms with van der Waals surface area (Å²) < 4.78 is 0. The van der Waals surface area contributed by atoms with Crippen LogP contribution in [0.4, 0.5) is 0 Å². The Kier molecular flexibility index (Phi) is 4.88. The van der Waals surface area contributed by atoms with E-state index in [0.29, 0.717) is 11.1 Å². The summed E-state index contributed by atoms with van der Waals surface area (Å²) in [6.07, 6.45) is 0. The molecule has 19 heavy (non-hydrogen) atoms. The highest BCUT2D eigenvalue weighted by atomic mass is 16.4. The molecule has 0 radical (unpaired) electrons. The summed E-state index contributed by atoms with van der Waals surface area (Å²) in [7, 11) is 0. The second kappa shape index (κ2) is 6.19. The van der Waals surface area contributed by atoms with Crippen molar-refractivity contribution in [1.29, 1.82) is 0 Å². The van der Waals surface area contributed by atoms with Crippen molar-refractivity contribution in [1.82, 2.24) is 4.90 Å². The Hall–Kier alpha value is -2.08. The number of hydrogen-bond donors (Lipinski definition) is 3. The van der Waals surface area contributed by atoms with Crippen molar-refractivity contribution >= 4 is 11.9 Å². The molecule has 0 aliphatic carbocycles. The minimum Gasteiger partial charge on any atom is -0.507 e. The number of carbonyl (C=O) groups is 2. The number of aliphatic carboxylic acids is 2. The number of phenolic OH excluding ortho intramolecular Hbond substituents is 1. The Morgan fingerprint density at radius 3 is 2.11 bits per heavy atom. The first-order chi connectivity index (χ1) is 8.79. The number of aryl methyl sites for hydroxylation is 2. The number of aromatic hydroxyl groups is 1. The molecule has 0 saturated heterocycles. The predicted octanol–water partition coefficient (Wildman–Crippen LogP) is 0.980. The van der Waals surface area contributed by atoms with Crippen molar-refractivity contribution in [2.45, 2.75) is 20.4 Å². The molecule has 1 aromatic carbocycles. The van der Waals surface area contributed by atoms with Crippen molar-refractivity contribution in [3.63, 3.8) is 0 Å². The van der Waals surface area contributed by atoms with Gasteiger partial charge in [0.25, 0.3) is 0 Å². The van der Waals surface area contributed by atoms with Crippen LogP contribution in [0.3, 0.4) is 0 Å². The third-order valence-corrected chi connectivity index (χ3v) is 2.64. The van der Waals surface area contributed by atoms with Crippen LogP contribution in [-0.4, -0.2) is 45.2 Å². The largest absolute Gasteiger partial charge is 0.507 e. The maximum atomic E-state index is 10.7. The summed E-state index contributed by atoms with van der Waals surface area (Å²) in [6.45, 7) is 2.89. The quantitative estimate of drug-likeness (QED) is 0.710. The molecule has 0 aliphatic rings. The van der Waals surface area contributed by atoms with Gasteiger partial charge in [-0.05, 0) is 19.4 Å². The van der Waals surface area contributed by atoms with Crippen molar-refractivity contribution in [2.75, 3.05) is 13.1 Å². The molecule has 1 aromatic rings. The number of rotatable bonds is 6. The van der Waals surface area contributed by atoms with Gasteiger partial charge in [0.1, 0.15) is 5.75 Å². The van der Waals surface area contributed by atoms with Crippen LogP contribution in [0.2, 0.25) is 0 Å². The number of hydrogen-bond acceptors (Lipinski definition) is 4. The van der Waals surface area contributed by atoms with Crippen LogP contribution >= 0.6 is 0 Å². The van der Waals surface area contributed by atoms with Crippen LogP contribution in [0.5, 0.6) is 5.75 Å². The molecule has 6 heteroatoms. The zero-order chi connectivity index (χ0) is 14.6. The average Bonchev–Trinajstić information content (AvgIpc) is 2.23. The predicted molar refractivity (Wildman–Crippen MR) is 68.1 cm³/mol. The number of phenols is 1. The highest BCUT2D eigenvalue weighted by Crippen LogP contribution is 2.24. The molecule has 0 atom stereocenters. The number of benzene rings is 1. The van der Waals surface area contributed by atoms with Gasteiger partial charge in [0.05, 0.1) is 13.1 Å². The highest BCUT2D eigenvalue weighted by molar-refractivity contribution is 5.72. The smallest absolute Gasteiger partial charge is 0.317 e. The SMILES string of the molecule is Cc1cc(C)c(O)c(CN(CC(=O)O)CC(=O)O)c1. The van der Waals surface area contributed by atoms with Gasteiger partial charge in [-0.15, -0.1) is 0 Å². The van der Waals surface area contributed by atoms with E-state index in [-0.39, 0.29) is 12.3 Å². The zero-order valence-corrected chi connectivity index (χ0v) is 10.9. The minimum atomic E-state index is -1.11. The molecule has 6 nitrogen and oxygen atoms in total. The van der Waals surface area contributed by atoms with E-state index >= 15 is 0 Å². The Balaban J connectivity index is 2.95. The fraction of sp³-hybridized carbons (Fsp3) is 0.385. The van der Waals surface area contributed by atoms with Gasteiger partial charge >= 0.3 is 11.9 Å². The third-order valence-electron chi connectivity index (χ3n) is 2.64. The minimum absolute atomic E-state index is 0.0753. The first-order valence-electron chi connectivity index (χ1n) is 5.74. The van der Waals surface area contributed by atoms with E-state index in [1.165, 1.54) is 4.90 Å². The van der Waals surface area contributed by atoms with E-state index < -0.39 is 25.0 Å². The number of nitrogens with zero attached hydrogens (tertiary/aromatic N) is 1. The molecule has 0 unspecified atom stereocenters. The normalized spacial score (nSPS) is 10.7. The van der Waals surface area contributed by atoms with Gasteiger partial charge in [-0.3, -0.25) is 14.5 Å². The summed E-state index contributed by atoms with van der Waals surface area (Å²) in [5.41, 5.74) is 2.14. The lowest BCUT2D eigenvalue weighted by molar-refractivity contribution is -0.142. The molecule has 0 saturated carbocycles. The van der Waals surface area contributed by atoms with Crippen molar-refractivity contribution in [2.24, 2.45) is 0 Å². The van der Waals surface area contributed by atoms with Crippen molar-refractivity contribution < 1.29 is 24.9 Å². The Morgan fingerprint density at radius 2 is 1.63 bits per heavy atom. The molecule has 0 spiro atoms. The Morgan fingerprint density at radius 1 is 1.11 bits per heavy atom.